The zero-order valence-corrected chi connectivity index (χ0v) is 12.2. The number of halogens is 3. The Morgan fingerprint density at radius 1 is 1.14 bits per heavy atom. The molecule has 1 aromatic carbocycles. The zero-order valence-electron chi connectivity index (χ0n) is 10.6. The molecular formula is C14H9BrF2N4. The Bertz CT molecular complexity index is 816. The van der Waals surface area contributed by atoms with Crippen molar-refractivity contribution in [3.63, 3.8) is 0 Å². The van der Waals surface area contributed by atoms with Gasteiger partial charge < -0.3 is 5.73 Å². The highest BCUT2D eigenvalue weighted by molar-refractivity contribution is 9.10. The Kier molecular flexibility index (Phi) is 3.42. The molecule has 0 saturated carbocycles. The van der Waals surface area contributed by atoms with Crippen molar-refractivity contribution in [2.24, 2.45) is 0 Å². The average Bonchev–Trinajstić information content (AvgIpc) is 2.92. The zero-order chi connectivity index (χ0) is 15.0. The summed E-state index contributed by atoms with van der Waals surface area (Å²) in [5, 5.41) is 0. The van der Waals surface area contributed by atoms with Gasteiger partial charge in [-0.3, -0.25) is 4.57 Å². The maximum absolute atomic E-state index is 14.0. The molecule has 0 aliphatic carbocycles. The number of rotatable bonds is 2. The van der Waals surface area contributed by atoms with Gasteiger partial charge in [0.2, 0.25) is 0 Å². The summed E-state index contributed by atoms with van der Waals surface area (Å²) >= 11 is 3.05. The van der Waals surface area contributed by atoms with Gasteiger partial charge in [-0.15, -0.1) is 0 Å². The lowest BCUT2D eigenvalue weighted by Gasteiger charge is -2.10. The number of pyridine rings is 1. The largest absolute Gasteiger partial charge is 0.384 e. The van der Waals surface area contributed by atoms with Gasteiger partial charge in [-0.25, -0.2) is 18.7 Å². The lowest BCUT2D eigenvalue weighted by molar-refractivity contribution is 0.574. The van der Waals surface area contributed by atoms with E-state index in [0.717, 1.165) is 11.6 Å². The van der Waals surface area contributed by atoms with Crippen molar-refractivity contribution in [1.29, 1.82) is 0 Å². The molecule has 0 atom stereocenters. The lowest BCUT2D eigenvalue weighted by atomic mass is 10.2. The van der Waals surface area contributed by atoms with E-state index in [-0.39, 0.29) is 10.2 Å². The molecule has 2 heterocycles. The van der Waals surface area contributed by atoms with Crippen molar-refractivity contribution in [3.8, 4) is 16.9 Å². The standard InChI is InChI=1S/C14H9BrF2N4/c15-9-4-12(11(17)5-10(9)16)21-7-19-6-13(21)8-1-2-20-14(18)3-8/h1-7H,(H2,18,20). The fourth-order valence-corrected chi connectivity index (χ4v) is 2.34. The molecule has 3 aromatic rings. The minimum Gasteiger partial charge on any atom is -0.384 e. The molecule has 0 fully saturated rings. The van der Waals surface area contributed by atoms with Crippen LogP contribution in [0.5, 0.6) is 0 Å². The molecule has 21 heavy (non-hydrogen) atoms. The average molecular weight is 351 g/mol. The van der Waals surface area contributed by atoms with Crippen LogP contribution in [-0.4, -0.2) is 14.5 Å². The molecule has 0 radical (unpaired) electrons. The summed E-state index contributed by atoms with van der Waals surface area (Å²) in [5.41, 5.74) is 7.20. The van der Waals surface area contributed by atoms with Crippen LogP contribution in [0.4, 0.5) is 14.6 Å². The molecule has 0 aliphatic heterocycles. The second kappa shape index (κ2) is 5.25. The van der Waals surface area contributed by atoms with Crippen LogP contribution in [0.25, 0.3) is 16.9 Å². The molecule has 4 nitrogen and oxygen atoms in total. The van der Waals surface area contributed by atoms with E-state index >= 15 is 0 Å². The Morgan fingerprint density at radius 3 is 2.71 bits per heavy atom. The second-order valence-corrected chi connectivity index (χ2v) is 5.19. The quantitative estimate of drug-likeness (QED) is 0.719. The predicted molar refractivity (Wildman–Crippen MR) is 78.8 cm³/mol. The molecule has 7 heteroatoms. The van der Waals surface area contributed by atoms with Gasteiger partial charge in [-0.05, 0) is 34.1 Å². The van der Waals surface area contributed by atoms with Gasteiger partial charge in [0.25, 0.3) is 0 Å². The maximum atomic E-state index is 14.0. The van der Waals surface area contributed by atoms with E-state index in [2.05, 4.69) is 25.9 Å². The summed E-state index contributed by atoms with van der Waals surface area (Å²) in [6.45, 7) is 0. The molecule has 3 rings (SSSR count). The third-order valence-electron chi connectivity index (χ3n) is 2.96. The van der Waals surface area contributed by atoms with Crippen molar-refractivity contribution in [1.82, 2.24) is 14.5 Å². The normalized spacial score (nSPS) is 10.8. The van der Waals surface area contributed by atoms with Crippen LogP contribution in [0.2, 0.25) is 0 Å². The van der Waals surface area contributed by atoms with Crippen LogP contribution < -0.4 is 5.73 Å². The van der Waals surface area contributed by atoms with Crippen LogP contribution in [0.15, 0.2) is 47.5 Å². The smallest absolute Gasteiger partial charge is 0.150 e. The highest BCUT2D eigenvalue weighted by atomic mass is 79.9. The Balaban J connectivity index is 2.18. The van der Waals surface area contributed by atoms with E-state index in [9.17, 15) is 8.78 Å². The Labute approximate surface area is 127 Å². The molecule has 0 saturated heterocycles. The summed E-state index contributed by atoms with van der Waals surface area (Å²) in [6, 6.07) is 5.58. The maximum Gasteiger partial charge on any atom is 0.150 e. The van der Waals surface area contributed by atoms with E-state index in [1.165, 1.54) is 17.0 Å². The SMILES string of the molecule is Nc1cc(-c2cncn2-c2cc(Br)c(F)cc2F)ccn1. The van der Waals surface area contributed by atoms with Crippen LogP contribution >= 0.6 is 15.9 Å². The van der Waals surface area contributed by atoms with Crippen molar-refractivity contribution in [2.75, 3.05) is 5.73 Å². The molecular weight excluding hydrogens is 342 g/mol. The van der Waals surface area contributed by atoms with Gasteiger partial charge in [0.1, 0.15) is 17.5 Å². The summed E-state index contributed by atoms with van der Waals surface area (Å²) in [6.07, 6.45) is 4.58. The van der Waals surface area contributed by atoms with E-state index < -0.39 is 11.6 Å². The van der Waals surface area contributed by atoms with Crippen LogP contribution in [0.3, 0.4) is 0 Å². The first-order chi connectivity index (χ1) is 10.1. The van der Waals surface area contributed by atoms with Crippen molar-refractivity contribution in [2.45, 2.75) is 0 Å². The van der Waals surface area contributed by atoms with Gasteiger partial charge in [-0.2, -0.15) is 0 Å². The monoisotopic (exact) mass is 350 g/mol. The topological polar surface area (TPSA) is 56.7 Å². The molecule has 0 aliphatic rings. The second-order valence-electron chi connectivity index (χ2n) is 4.34. The third kappa shape index (κ3) is 2.52. The number of anilines is 1. The lowest BCUT2D eigenvalue weighted by Crippen LogP contribution is -2.00. The fraction of sp³-hybridized carbons (Fsp3) is 0. The van der Waals surface area contributed by atoms with Gasteiger partial charge >= 0.3 is 0 Å². The number of hydrogen-bond acceptors (Lipinski definition) is 3. The summed E-state index contributed by atoms with van der Waals surface area (Å²) < 4.78 is 29.1. The minimum atomic E-state index is -0.683. The molecule has 0 amide bonds. The van der Waals surface area contributed by atoms with E-state index in [4.69, 9.17) is 5.73 Å². The molecule has 2 aromatic heterocycles. The van der Waals surface area contributed by atoms with Crippen molar-refractivity contribution >= 4 is 21.7 Å². The van der Waals surface area contributed by atoms with Gasteiger partial charge in [0, 0.05) is 17.8 Å². The Morgan fingerprint density at radius 2 is 1.95 bits per heavy atom. The number of nitrogen functional groups attached to an aromatic ring is 1. The Hall–Kier alpha value is -2.28. The number of benzene rings is 1. The highest BCUT2D eigenvalue weighted by Gasteiger charge is 2.14. The first kappa shape index (κ1) is 13.7. The molecule has 106 valence electrons. The fourth-order valence-electron chi connectivity index (χ4n) is 2.00. The minimum absolute atomic E-state index is 0.174. The van der Waals surface area contributed by atoms with Gasteiger partial charge in [-0.1, -0.05) is 0 Å². The predicted octanol–water partition coefficient (Wildman–Crippen LogP) is 3.56. The van der Waals surface area contributed by atoms with Gasteiger partial charge in [0.15, 0.2) is 0 Å². The first-order valence-electron chi connectivity index (χ1n) is 5.95. The van der Waals surface area contributed by atoms with Crippen molar-refractivity contribution < 1.29 is 8.78 Å². The van der Waals surface area contributed by atoms with Crippen LogP contribution in [-0.2, 0) is 0 Å². The van der Waals surface area contributed by atoms with Crippen molar-refractivity contribution in [3.05, 3.63) is 59.1 Å². The summed E-state index contributed by atoms with van der Waals surface area (Å²) in [7, 11) is 0. The van der Waals surface area contributed by atoms with E-state index in [1.807, 2.05) is 0 Å². The number of hydrogen-bond donors (Lipinski definition) is 1. The third-order valence-corrected chi connectivity index (χ3v) is 3.57. The van der Waals surface area contributed by atoms with Crippen LogP contribution in [0, 0.1) is 11.6 Å². The van der Waals surface area contributed by atoms with Gasteiger partial charge in [0.05, 0.1) is 28.4 Å². The van der Waals surface area contributed by atoms with E-state index in [0.29, 0.717) is 11.5 Å². The number of nitrogens with zero attached hydrogens (tertiary/aromatic N) is 3. The molecule has 0 bridgehead atoms. The molecule has 0 unspecified atom stereocenters. The number of nitrogens with two attached hydrogens (primary N) is 1. The summed E-state index contributed by atoms with van der Waals surface area (Å²) in [4.78, 5) is 7.94. The molecule has 2 N–H and O–H groups in total. The molecule has 0 spiro atoms. The number of aromatic nitrogens is 3. The first-order valence-corrected chi connectivity index (χ1v) is 6.74. The van der Waals surface area contributed by atoms with Crippen LogP contribution in [0.1, 0.15) is 0 Å². The number of imidazole rings is 1. The highest BCUT2D eigenvalue weighted by Crippen LogP contribution is 2.28. The summed E-state index contributed by atoms with van der Waals surface area (Å²) in [5.74, 6) is -0.996. The van der Waals surface area contributed by atoms with E-state index in [1.54, 1.807) is 24.5 Å².